The lowest BCUT2D eigenvalue weighted by Gasteiger charge is -2.26. The van der Waals surface area contributed by atoms with Gasteiger partial charge in [0.15, 0.2) is 0 Å². The van der Waals surface area contributed by atoms with Gasteiger partial charge in [0.1, 0.15) is 0 Å². The first-order chi connectivity index (χ1) is 29.1. The Morgan fingerprint density at radius 3 is 1.40 bits per heavy atom. The average Bonchev–Trinajstić information content (AvgIpc) is 3.77. The van der Waals surface area contributed by atoms with Crippen LogP contribution in [0.25, 0.3) is 121 Å². The summed E-state index contributed by atoms with van der Waals surface area (Å²) < 4.78 is 0. The maximum absolute atomic E-state index is 2.56. The van der Waals surface area contributed by atoms with Gasteiger partial charge in [0.2, 0.25) is 0 Å². The predicted octanol–water partition coefficient (Wildman–Crippen LogP) is 17.1. The van der Waals surface area contributed by atoms with Crippen molar-refractivity contribution in [1.82, 2.24) is 0 Å². The van der Waals surface area contributed by atoms with Crippen molar-refractivity contribution in [3.8, 4) is 77.9 Å². The molecule has 12 rings (SSSR count). The summed E-state index contributed by atoms with van der Waals surface area (Å²) in [4.78, 5) is 0. The summed E-state index contributed by atoms with van der Waals surface area (Å²) in [5.74, 6) is 0. The molecule has 0 amide bonds. The van der Waals surface area contributed by atoms with Gasteiger partial charge in [0.25, 0.3) is 0 Å². The molecule has 0 aromatic heterocycles. The predicted molar refractivity (Wildman–Crippen MR) is 260 cm³/mol. The molecule has 0 heteroatoms. The molecule has 2 aliphatic rings. The Morgan fingerprint density at radius 1 is 0.250 bits per heavy atom. The maximum Gasteiger partial charge on any atom is -0.000699 e. The summed E-state index contributed by atoms with van der Waals surface area (Å²) >= 11 is 0. The first kappa shape index (κ1) is 35.2. The second kappa shape index (κ2) is 12.4. The highest BCUT2D eigenvalue weighted by atomic mass is 14.4. The van der Waals surface area contributed by atoms with E-state index in [1.807, 2.05) is 0 Å². The van der Waals surface area contributed by atoms with E-state index in [9.17, 15) is 0 Å². The SMILES string of the molecule is Cc1cc(C)c(C)c(-c2c3c(c(-c4c(C)c(C)cc(C)c4C)c4cc(-c5ccc6c7c(cccc57)-c5ccccc5-6)ccc24)-c2cccc4c2c-3cc2ccccc24)c1C. The zero-order chi connectivity index (χ0) is 40.9. The lowest BCUT2D eigenvalue weighted by atomic mass is 9.77. The van der Waals surface area contributed by atoms with E-state index in [4.69, 9.17) is 0 Å². The summed E-state index contributed by atoms with van der Waals surface area (Å²) in [6.45, 7) is 18.6. The Kier molecular flexibility index (Phi) is 7.27. The molecule has 0 nitrogen and oxygen atoms in total. The fourth-order valence-corrected chi connectivity index (χ4v) is 11.5. The second-order valence-electron chi connectivity index (χ2n) is 17.8. The molecule has 10 aromatic rings. The van der Waals surface area contributed by atoms with Crippen LogP contribution in [0, 0.1) is 55.4 Å². The molecule has 0 N–H and O–H groups in total. The normalized spacial score (nSPS) is 12.3. The number of fused-ring (bicyclic) bond motifs is 9. The van der Waals surface area contributed by atoms with Crippen LogP contribution in [0.1, 0.15) is 44.5 Å². The van der Waals surface area contributed by atoms with Gasteiger partial charge in [-0.25, -0.2) is 0 Å². The van der Waals surface area contributed by atoms with Crippen LogP contribution in [-0.2, 0) is 0 Å². The highest BCUT2D eigenvalue weighted by molar-refractivity contribution is 6.32. The van der Waals surface area contributed by atoms with Gasteiger partial charge in [-0.3, -0.25) is 0 Å². The quantitative estimate of drug-likeness (QED) is 0.157. The Morgan fingerprint density at radius 2 is 0.733 bits per heavy atom. The smallest absolute Gasteiger partial charge is 0.000699 e. The molecule has 0 saturated carbocycles. The van der Waals surface area contributed by atoms with Crippen LogP contribution in [0.3, 0.4) is 0 Å². The van der Waals surface area contributed by atoms with Gasteiger partial charge in [-0.15, -0.1) is 0 Å². The first-order valence-corrected chi connectivity index (χ1v) is 21.5. The summed E-state index contributed by atoms with van der Waals surface area (Å²) in [6.07, 6.45) is 0. The van der Waals surface area contributed by atoms with Crippen molar-refractivity contribution in [2.75, 3.05) is 0 Å². The van der Waals surface area contributed by atoms with E-state index in [1.165, 1.54) is 165 Å². The minimum atomic E-state index is 1.25. The van der Waals surface area contributed by atoms with Crippen molar-refractivity contribution >= 4 is 43.1 Å². The van der Waals surface area contributed by atoms with Gasteiger partial charge >= 0.3 is 0 Å². The third kappa shape index (κ3) is 4.52. The zero-order valence-electron chi connectivity index (χ0n) is 35.7. The number of rotatable bonds is 3. The molecule has 0 heterocycles. The van der Waals surface area contributed by atoms with E-state index in [0.717, 1.165) is 0 Å². The molecule has 10 aromatic carbocycles. The number of benzene rings is 10. The Balaban J connectivity index is 1.30. The van der Waals surface area contributed by atoms with E-state index in [1.54, 1.807) is 0 Å². The van der Waals surface area contributed by atoms with Crippen molar-refractivity contribution in [3.05, 3.63) is 178 Å². The van der Waals surface area contributed by atoms with Crippen molar-refractivity contribution in [1.29, 1.82) is 0 Å². The summed E-state index contributed by atoms with van der Waals surface area (Å²) in [5, 5.41) is 10.6. The standard InChI is InChI=1S/C60H46/c1-31-27-32(2)36(6)53(35(31)5)57-49-24-23-40(42-25-26-48-44-18-12-11-17-43(44)47-21-13-19-46(42)55(47)48)29-51(49)59(54-37(7)33(3)28-34(4)38(54)8)58-50-22-14-20-45-41-16-10-9-15-39(41)30-52(56(45)50)60(57)58/h9-30H,1-8H3. The second-order valence-corrected chi connectivity index (χ2v) is 17.8. The van der Waals surface area contributed by atoms with E-state index >= 15 is 0 Å². The number of hydrogen-bond acceptors (Lipinski definition) is 0. The molecule has 60 heavy (non-hydrogen) atoms. The van der Waals surface area contributed by atoms with Gasteiger partial charge in [0.05, 0.1) is 0 Å². The van der Waals surface area contributed by atoms with Crippen molar-refractivity contribution < 1.29 is 0 Å². The lowest BCUT2D eigenvalue weighted by Crippen LogP contribution is -2.02. The highest BCUT2D eigenvalue weighted by Crippen LogP contribution is 2.61. The van der Waals surface area contributed by atoms with Crippen molar-refractivity contribution in [2.24, 2.45) is 0 Å². The summed E-state index contributed by atoms with van der Waals surface area (Å²) in [5.41, 5.74) is 29.5. The molecular formula is C60H46. The Bertz CT molecular complexity index is 3530. The molecule has 0 bridgehead atoms. The highest BCUT2D eigenvalue weighted by Gasteiger charge is 2.34. The van der Waals surface area contributed by atoms with Crippen LogP contribution < -0.4 is 0 Å². The van der Waals surface area contributed by atoms with Gasteiger partial charge < -0.3 is 0 Å². The van der Waals surface area contributed by atoms with Gasteiger partial charge in [-0.05, 0) is 233 Å². The van der Waals surface area contributed by atoms with Crippen LogP contribution >= 0.6 is 0 Å². The van der Waals surface area contributed by atoms with E-state index in [0.29, 0.717) is 0 Å². The minimum Gasteiger partial charge on any atom is -0.0616 e. The third-order valence-corrected chi connectivity index (χ3v) is 14.8. The summed E-state index contributed by atoms with van der Waals surface area (Å²) in [7, 11) is 0. The van der Waals surface area contributed by atoms with Gasteiger partial charge in [-0.2, -0.15) is 0 Å². The van der Waals surface area contributed by atoms with E-state index in [2.05, 4.69) is 189 Å². The van der Waals surface area contributed by atoms with Crippen molar-refractivity contribution in [2.45, 2.75) is 55.4 Å². The largest absolute Gasteiger partial charge is 0.0616 e. The number of hydrogen-bond donors (Lipinski definition) is 0. The fraction of sp³-hybridized carbons (Fsp3) is 0.133. The Hall–Kier alpha value is -6.76. The first-order valence-electron chi connectivity index (χ1n) is 21.5. The third-order valence-electron chi connectivity index (χ3n) is 14.8. The van der Waals surface area contributed by atoms with Crippen molar-refractivity contribution in [3.63, 3.8) is 0 Å². The zero-order valence-corrected chi connectivity index (χ0v) is 35.7. The molecule has 0 fully saturated rings. The molecule has 2 aliphatic carbocycles. The fourth-order valence-electron chi connectivity index (χ4n) is 11.5. The van der Waals surface area contributed by atoms with E-state index in [-0.39, 0.29) is 0 Å². The lowest BCUT2D eigenvalue weighted by molar-refractivity contribution is 1.24. The van der Waals surface area contributed by atoms with E-state index < -0.39 is 0 Å². The molecule has 0 saturated heterocycles. The molecule has 0 aliphatic heterocycles. The van der Waals surface area contributed by atoms with Crippen LogP contribution in [0.2, 0.25) is 0 Å². The van der Waals surface area contributed by atoms with Crippen LogP contribution in [0.4, 0.5) is 0 Å². The Labute approximate surface area is 352 Å². The molecule has 0 unspecified atom stereocenters. The summed E-state index contributed by atoms with van der Waals surface area (Å²) in [6, 6.07) is 51.3. The number of aryl methyl sites for hydroxylation is 4. The van der Waals surface area contributed by atoms with Crippen LogP contribution in [-0.4, -0.2) is 0 Å². The average molecular weight is 767 g/mol. The molecule has 0 spiro atoms. The van der Waals surface area contributed by atoms with Gasteiger partial charge in [0, 0.05) is 0 Å². The van der Waals surface area contributed by atoms with Crippen LogP contribution in [0.15, 0.2) is 133 Å². The van der Waals surface area contributed by atoms with Crippen LogP contribution in [0.5, 0.6) is 0 Å². The molecule has 0 radical (unpaired) electrons. The topological polar surface area (TPSA) is 0 Å². The monoisotopic (exact) mass is 766 g/mol. The van der Waals surface area contributed by atoms with Gasteiger partial charge in [-0.1, -0.05) is 121 Å². The maximum atomic E-state index is 2.56. The molecular weight excluding hydrogens is 721 g/mol. The minimum absolute atomic E-state index is 1.25. The molecule has 286 valence electrons. The molecule has 0 atom stereocenters.